The van der Waals surface area contributed by atoms with Crippen LogP contribution in [0.2, 0.25) is 0 Å². The summed E-state index contributed by atoms with van der Waals surface area (Å²) >= 11 is 0. The van der Waals surface area contributed by atoms with Crippen LogP contribution >= 0.6 is 0 Å². The molecule has 1 N–H and O–H groups in total. The molecule has 0 spiro atoms. The summed E-state index contributed by atoms with van der Waals surface area (Å²) in [6.07, 6.45) is 1.19. The lowest BCUT2D eigenvalue weighted by Gasteiger charge is -2.40. The summed E-state index contributed by atoms with van der Waals surface area (Å²) in [4.78, 5) is 0. The van der Waals surface area contributed by atoms with Crippen LogP contribution in [0.4, 0.5) is 5.69 Å². The van der Waals surface area contributed by atoms with Crippen LogP contribution in [0.15, 0.2) is 18.2 Å². The van der Waals surface area contributed by atoms with Gasteiger partial charge in [0.2, 0.25) is 0 Å². The van der Waals surface area contributed by atoms with E-state index in [2.05, 4.69) is 51.2 Å². The Balaban J connectivity index is 2.46. The third-order valence-electron chi connectivity index (χ3n) is 3.56. The first-order valence-electron chi connectivity index (χ1n) is 5.37. The van der Waals surface area contributed by atoms with Crippen LogP contribution in [-0.4, -0.2) is 5.54 Å². The molecule has 2 rings (SSSR count). The molecule has 1 aliphatic heterocycles. The fourth-order valence-corrected chi connectivity index (χ4v) is 2.11. The Morgan fingerprint density at radius 1 is 1.36 bits per heavy atom. The van der Waals surface area contributed by atoms with Crippen molar-refractivity contribution in [2.45, 2.75) is 39.7 Å². The Labute approximate surface area is 86.5 Å². The molecule has 1 aromatic rings. The normalized spacial score (nSPS) is 23.9. The predicted molar refractivity (Wildman–Crippen MR) is 61.7 cm³/mol. The van der Waals surface area contributed by atoms with Crippen molar-refractivity contribution in [1.29, 1.82) is 0 Å². The smallest absolute Gasteiger partial charge is 0.0406 e. The molecule has 1 aromatic carbocycles. The van der Waals surface area contributed by atoms with Gasteiger partial charge in [-0.25, -0.2) is 0 Å². The highest BCUT2D eigenvalue weighted by atomic mass is 15.0. The van der Waals surface area contributed by atoms with E-state index in [4.69, 9.17) is 0 Å². The first kappa shape index (κ1) is 9.57. The Morgan fingerprint density at radius 2 is 2.07 bits per heavy atom. The lowest BCUT2D eigenvalue weighted by atomic mass is 9.79. The van der Waals surface area contributed by atoms with Crippen LogP contribution in [0.5, 0.6) is 0 Å². The molecule has 0 bridgehead atoms. The van der Waals surface area contributed by atoms with Crippen LogP contribution in [0.1, 0.15) is 31.9 Å². The topological polar surface area (TPSA) is 12.0 Å². The maximum absolute atomic E-state index is 3.65. The Kier molecular flexibility index (Phi) is 2.06. The number of fused-ring (bicyclic) bond motifs is 1. The maximum atomic E-state index is 3.65. The maximum Gasteiger partial charge on any atom is 0.0406 e. The van der Waals surface area contributed by atoms with Gasteiger partial charge < -0.3 is 5.32 Å². The van der Waals surface area contributed by atoms with Crippen molar-refractivity contribution in [3.8, 4) is 0 Å². The second kappa shape index (κ2) is 3.01. The lowest BCUT2D eigenvalue weighted by Crippen LogP contribution is -2.42. The average molecular weight is 189 g/mol. The number of hydrogen-bond donors (Lipinski definition) is 1. The van der Waals surface area contributed by atoms with E-state index in [0.717, 1.165) is 0 Å². The highest BCUT2D eigenvalue weighted by molar-refractivity contribution is 5.60. The number of anilines is 1. The van der Waals surface area contributed by atoms with Gasteiger partial charge in [0.1, 0.15) is 0 Å². The summed E-state index contributed by atoms with van der Waals surface area (Å²) < 4.78 is 0. The second-order valence-corrected chi connectivity index (χ2v) is 5.06. The molecular formula is C13H19N. The minimum atomic E-state index is 0.221. The number of nitrogens with one attached hydrogen (secondary N) is 1. The third-order valence-corrected chi connectivity index (χ3v) is 3.56. The minimum Gasteiger partial charge on any atom is -0.379 e. The van der Waals surface area contributed by atoms with Crippen LogP contribution in [0.25, 0.3) is 0 Å². The molecule has 14 heavy (non-hydrogen) atoms. The van der Waals surface area contributed by atoms with Crippen molar-refractivity contribution >= 4 is 5.69 Å². The SMILES string of the molecule is Cc1cccc2c1NC(C)(C)C(C)C2. The van der Waals surface area contributed by atoms with Crippen molar-refractivity contribution in [2.24, 2.45) is 5.92 Å². The van der Waals surface area contributed by atoms with E-state index in [0.29, 0.717) is 5.92 Å². The zero-order valence-electron chi connectivity index (χ0n) is 9.52. The summed E-state index contributed by atoms with van der Waals surface area (Å²) in [6.45, 7) is 9.07. The van der Waals surface area contributed by atoms with Gasteiger partial charge in [0.05, 0.1) is 0 Å². The Hall–Kier alpha value is -0.980. The highest BCUT2D eigenvalue weighted by Gasteiger charge is 2.31. The molecule has 1 heterocycles. The Morgan fingerprint density at radius 3 is 2.79 bits per heavy atom. The van der Waals surface area contributed by atoms with Crippen molar-refractivity contribution in [2.75, 3.05) is 5.32 Å². The highest BCUT2D eigenvalue weighted by Crippen LogP contribution is 2.36. The first-order valence-corrected chi connectivity index (χ1v) is 5.37. The molecule has 0 aliphatic carbocycles. The van der Waals surface area contributed by atoms with Gasteiger partial charge in [-0.1, -0.05) is 25.1 Å². The summed E-state index contributed by atoms with van der Waals surface area (Å²) in [5, 5.41) is 3.65. The van der Waals surface area contributed by atoms with E-state index in [1.54, 1.807) is 0 Å². The van der Waals surface area contributed by atoms with Gasteiger partial charge in [0.15, 0.2) is 0 Å². The molecule has 1 aliphatic rings. The standard InChI is InChI=1S/C13H19N/c1-9-6-5-7-11-8-10(2)13(3,4)14-12(9)11/h5-7,10,14H,8H2,1-4H3. The molecule has 76 valence electrons. The van der Waals surface area contributed by atoms with Gasteiger partial charge in [0, 0.05) is 11.2 Å². The number of para-hydroxylation sites is 1. The summed E-state index contributed by atoms with van der Waals surface area (Å²) in [7, 11) is 0. The van der Waals surface area contributed by atoms with Crippen molar-refractivity contribution in [3.63, 3.8) is 0 Å². The second-order valence-electron chi connectivity index (χ2n) is 5.06. The zero-order chi connectivity index (χ0) is 10.3. The van der Waals surface area contributed by atoms with Gasteiger partial charge in [-0.2, -0.15) is 0 Å². The molecule has 0 saturated carbocycles. The van der Waals surface area contributed by atoms with Crippen molar-refractivity contribution < 1.29 is 0 Å². The molecule has 1 unspecified atom stereocenters. The fraction of sp³-hybridized carbons (Fsp3) is 0.538. The zero-order valence-corrected chi connectivity index (χ0v) is 9.52. The van der Waals surface area contributed by atoms with Crippen LogP contribution in [0.3, 0.4) is 0 Å². The van der Waals surface area contributed by atoms with Crippen molar-refractivity contribution in [3.05, 3.63) is 29.3 Å². The summed E-state index contributed by atoms with van der Waals surface area (Å²) in [5.41, 5.74) is 4.41. The van der Waals surface area contributed by atoms with E-state index >= 15 is 0 Å². The molecule has 1 heteroatoms. The summed E-state index contributed by atoms with van der Waals surface area (Å²) in [5.74, 6) is 0.691. The molecule has 0 radical (unpaired) electrons. The summed E-state index contributed by atoms with van der Waals surface area (Å²) in [6, 6.07) is 6.57. The number of aryl methyl sites for hydroxylation is 1. The van der Waals surface area contributed by atoms with Gasteiger partial charge in [0.25, 0.3) is 0 Å². The largest absolute Gasteiger partial charge is 0.379 e. The monoisotopic (exact) mass is 189 g/mol. The minimum absolute atomic E-state index is 0.221. The van der Waals surface area contributed by atoms with Gasteiger partial charge in [-0.15, -0.1) is 0 Å². The number of hydrogen-bond acceptors (Lipinski definition) is 1. The third kappa shape index (κ3) is 1.41. The van der Waals surface area contributed by atoms with Gasteiger partial charge in [-0.3, -0.25) is 0 Å². The van der Waals surface area contributed by atoms with Crippen molar-refractivity contribution in [1.82, 2.24) is 0 Å². The quantitative estimate of drug-likeness (QED) is 0.659. The molecule has 1 atom stereocenters. The lowest BCUT2D eigenvalue weighted by molar-refractivity contribution is 0.361. The van der Waals surface area contributed by atoms with E-state index in [-0.39, 0.29) is 5.54 Å². The van der Waals surface area contributed by atoms with E-state index in [1.807, 2.05) is 0 Å². The van der Waals surface area contributed by atoms with Crippen LogP contribution in [0, 0.1) is 12.8 Å². The molecule has 0 fully saturated rings. The fourth-order valence-electron chi connectivity index (χ4n) is 2.11. The van der Waals surface area contributed by atoms with Crippen LogP contribution in [-0.2, 0) is 6.42 Å². The molecule has 0 amide bonds. The number of benzene rings is 1. The van der Waals surface area contributed by atoms with Gasteiger partial charge in [-0.05, 0) is 44.2 Å². The van der Waals surface area contributed by atoms with E-state index in [1.165, 1.54) is 23.2 Å². The average Bonchev–Trinajstić information content (AvgIpc) is 2.09. The number of rotatable bonds is 0. The molecule has 1 nitrogen and oxygen atoms in total. The van der Waals surface area contributed by atoms with E-state index < -0.39 is 0 Å². The van der Waals surface area contributed by atoms with Crippen LogP contribution < -0.4 is 5.32 Å². The predicted octanol–water partition coefficient (Wildman–Crippen LogP) is 3.38. The molecule has 0 aromatic heterocycles. The molecular weight excluding hydrogens is 170 g/mol. The molecule has 0 saturated heterocycles. The van der Waals surface area contributed by atoms with Gasteiger partial charge >= 0.3 is 0 Å². The van der Waals surface area contributed by atoms with E-state index in [9.17, 15) is 0 Å². The Bertz CT molecular complexity index is 352. The first-order chi connectivity index (χ1) is 6.50.